The largest absolute Gasteiger partial charge is 0.452 e. The molecule has 0 saturated carbocycles. The van der Waals surface area contributed by atoms with Gasteiger partial charge >= 0.3 is 5.97 Å². The van der Waals surface area contributed by atoms with Gasteiger partial charge in [0.25, 0.3) is 11.6 Å². The first-order valence-electron chi connectivity index (χ1n) is 8.47. The van der Waals surface area contributed by atoms with E-state index in [1.807, 2.05) is 4.90 Å². The minimum Gasteiger partial charge on any atom is -0.452 e. The highest BCUT2D eigenvalue weighted by Crippen LogP contribution is 2.28. The zero-order valence-corrected chi connectivity index (χ0v) is 15.3. The monoisotopic (exact) mass is 378 g/mol. The van der Waals surface area contributed by atoms with E-state index in [9.17, 15) is 24.5 Å². The lowest BCUT2D eigenvalue weighted by molar-refractivity contribution is -0.384. The number of nitro benzene ring substituents is 1. The first-order chi connectivity index (χ1) is 12.8. The maximum atomic E-state index is 12.4. The highest BCUT2D eigenvalue weighted by Gasteiger charge is 2.24. The molecule has 1 aliphatic heterocycles. The van der Waals surface area contributed by atoms with Crippen molar-refractivity contribution in [1.29, 1.82) is 0 Å². The molecule has 146 valence electrons. The van der Waals surface area contributed by atoms with Crippen LogP contribution in [0.5, 0.6) is 0 Å². The molecule has 1 N–H and O–H groups in total. The first-order valence-corrected chi connectivity index (χ1v) is 8.47. The summed E-state index contributed by atoms with van der Waals surface area (Å²) in [5.41, 5.74) is 0.362. The number of amides is 2. The third kappa shape index (κ3) is 5.40. The summed E-state index contributed by atoms with van der Waals surface area (Å²) in [6.07, 6.45) is 1.93. The standard InChI is InChI=1S/C17H22N4O6/c1-19(2)16(23)10-18-15(22)11-27-17(24)13-9-12(21(25)26)5-6-14(13)20-7-3-4-8-20/h5-6,9H,3-4,7-8,10-11H2,1-2H3,(H,18,22). The molecule has 0 aromatic heterocycles. The van der Waals surface area contributed by atoms with E-state index in [0.29, 0.717) is 5.69 Å². The van der Waals surface area contributed by atoms with Crippen molar-refractivity contribution in [3.63, 3.8) is 0 Å². The summed E-state index contributed by atoms with van der Waals surface area (Å²) in [5, 5.41) is 13.4. The molecule has 1 aliphatic rings. The van der Waals surface area contributed by atoms with Gasteiger partial charge in [0.05, 0.1) is 22.7 Å². The molecule has 0 unspecified atom stereocenters. The molecular formula is C17H22N4O6. The number of likely N-dealkylation sites (N-methyl/N-ethyl adjacent to an activating group) is 1. The Labute approximate surface area is 156 Å². The second kappa shape index (κ2) is 8.97. The van der Waals surface area contributed by atoms with Gasteiger partial charge in [-0.05, 0) is 18.9 Å². The summed E-state index contributed by atoms with van der Waals surface area (Å²) in [7, 11) is 3.10. The molecule has 1 heterocycles. The fourth-order valence-electron chi connectivity index (χ4n) is 2.63. The zero-order valence-electron chi connectivity index (χ0n) is 15.3. The van der Waals surface area contributed by atoms with Crippen LogP contribution in [0.3, 0.4) is 0 Å². The van der Waals surface area contributed by atoms with Crippen LogP contribution in [0, 0.1) is 10.1 Å². The van der Waals surface area contributed by atoms with E-state index in [2.05, 4.69) is 5.32 Å². The Hall–Kier alpha value is -3.17. The minimum absolute atomic E-state index is 0.0447. The maximum absolute atomic E-state index is 12.4. The lowest BCUT2D eigenvalue weighted by atomic mass is 10.1. The van der Waals surface area contributed by atoms with Gasteiger partial charge < -0.3 is 19.9 Å². The average molecular weight is 378 g/mol. The van der Waals surface area contributed by atoms with Crippen molar-refractivity contribution in [2.45, 2.75) is 12.8 Å². The second-order valence-corrected chi connectivity index (χ2v) is 6.29. The smallest absolute Gasteiger partial charge is 0.341 e. The number of benzene rings is 1. The minimum atomic E-state index is -0.824. The van der Waals surface area contributed by atoms with Gasteiger partial charge in [-0.3, -0.25) is 19.7 Å². The molecule has 1 saturated heterocycles. The predicted octanol–water partition coefficient (Wildman–Crippen LogP) is 0.556. The fraction of sp³-hybridized carbons (Fsp3) is 0.471. The number of rotatable bonds is 7. The van der Waals surface area contributed by atoms with Gasteiger partial charge in [0.2, 0.25) is 5.91 Å². The van der Waals surface area contributed by atoms with Gasteiger partial charge in [-0.15, -0.1) is 0 Å². The molecule has 1 fully saturated rings. The third-order valence-corrected chi connectivity index (χ3v) is 4.13. The number of hydrogen-bond acceptors (Lipinski definition) is 7. The Bertz CT molecular complexity index is 743. The Morgan fingerprint density at radius 3 is 2.52 bits per heavy atom. The molecule has 2 rings (SSSR count). The third-order valence-electron chi connectivity index (χ3n) is 4.13. The molecule has 0 spiro atoms. The number of carbonyl (C=O) groups is 3. The highest BCUT2D eigenvalue weighted by molar-refractivity contribution is 5.98. The number of non-ortho nitro benzene ring substituents is 1. The molecular weight excluding hydrogens is 356 g/mol. The molecule has 1 aromatic rings. The SMILES string of the molecule is CN(C)C(=O)CNC(=O)COC(=O)c1cc([N+](=O)[O-])ccc1N1CCCC1. The summed E-state index contributed by atoms with van der Waals surface area (Å²) in [5.74, 6) is -1.76. The highest BCUT2D eigenvalue weighted by atomic mass is 16.6. The number of hydrogen-bond donors (Lipinski definition) is 1. The van der Waals surface area contributed by atoms with Gasteiger partial charge in [-0.2, -0.15) is 0 Å². The number of anilines is 1. The number of nitrogens with zero attached hydrogens (tertiary/aromatic N) is 3. The van der Waals surface area contributed by atoms with Gasteiger partial charge in [-0.1, -0.05) is 0 Å². The van der Waals surface area contributed by atoms with Gasteiger partial charge in [0.15, 0.2) is 6.61 Å². The molecule has 10 heteroatoms. The summed E-state index contributed by atoms with van der Waals surface area (Å²) in [6.45, 7) is 0.692. The van der Waals surface area contributed by atoms with E-state index in [1.54, 1.807) is 14.1 Å². The summed E-state index contributed by atoms with van der Waals surface area (Å²) in [4.78, 5) is 49.3. The molecule has 0 aliphatic carbocycles. The van der Waals surface area contributed by atoms with Gasteiger partial charge in [-0.25, -0.2) is 4.79 Å². The van der Waals surface area contributed by atoms with Gasteiger partial charge in [0.1, 0.15) is 0 Å². The summed E-state index contributed by atoms with van der Waals surface area (Å²) < 4.78 is 4.99. The number of carbonyl (C=O) groups excluding carboxylic acids is 3. The van der Waals surface area contributed by atoms with Crippen molar-refractivity contribution in [2.75, 3.05) is 45.2 Å². The van der Waals surface area contributed by atoms with Crippen LogP contribution in [0.2, 0.25) is 0 Å². The van der Waals surface area contributed by atoms with Crippen LogP contribution < -0.4 is 10.2 Å². The van der Waals surface area contributed by atoms with Crippen molar-refractivity contribution in [3.8, 4) is 0 Å². The van der Waals surface area contributed by atoms with E-state index in [0.717, 1.165) is 32.0 Å². The van der Waals surface area contributed by atoms with Crippen LogP contribution in [-0.2, 0) is 14.3 Å². The van der Waals surface area contributed by atoms with E-state index < -0.39 is 23.4 Å². The molecule has 0 bridgehead atoms. The number of ether oxygens (including phenoxy) is 1. The van der Waals surface area contributed by atoms with Crippen LogP contribution in [0.15, 0.2) is 18.2 Å². The van der Waals surface area contributed by atoms with Crippen LogP contribution in [0.4, 0.5) is 11.4 Å². The summed E-state index contributed by atoms with van der Waals surface area (Å²) in [6, 6.07) is 4.02. The van der Waals surface area contributed by atoms with Crippen molar-refractivity contribution < 1.29 is 24.0 Å². The molecule has 0 atom stereocenters. The Morgan fingerprint density at radius 1 is 1.26 bits per heavy atom. The average Bonchev–Trinajstić information content (AvgIpc) is 3.17. The van der Waals surface area contributed by atoms with Crippen molar-refractivity contribution in [1.82, 2.24) is 10.2 Å². The lowest BCUT2D eigenvalue weighted by Crippen LogP contribution is -2.38. The zero-order chi connectivity index (χ0) is 20.0. The number of nitro groups is 1. The molecule has 2 amide bonds. The predicted molar refractivity (Wildman–Crippen MR) is 96.5 cm³/mol. The molecule has 27 heavy (non-hydrogen) atoms. The normalized spacial score (nSPS) is 13.2. The lowest BCUT2D eigenvalue weighted by Gasteiger charge is -2.20. The molecule has 10 nitrogen and oxygen atoms in total. The van der Waals surface area contributed by atoms with Crippen molar-refractivity contribution in [3.05, 3.63) is 33.9 Å². The van der Waals surface area contributed by atoms with Crippen molar-refractivity contribution in [2.24, 2.45) is 0 Å². The van der Waals surface area contributed by atoms with E-state index >= 15 is 0 Å². The van der Waals surface area contributed by atoms with E-state index in [1.165, 1.54) is 17.0 Å². The molecule has 1 aromatic carbocycles. The first kappa shape index (κ1) is 20.1. The Balaban J connectivity index is 2.05. The topological polar surface area (TPSA) is 122 Å². The van der Waals surface area contributed by atoms with Crippen LogP contribution in [-0.4, -0.2) is 67.9 Å². The van der Waals surface area contributed by atoms with Crippen molar-refractivity contribution >= 4 is 29.2 Å². The second-order valence-electron chi connectivity index (χ2n) is 6.29. The van der Waals surface area contributed by atoms with E-state index in [4.69, 9.17) is 4.74 Å². The number of esters is 1. The van der Waals surface area contributed by atoms with Gasteiger partial charge in [0, 0.05) is 39.3 Å². The van der Waals surface area contributed by atoms with Crippen LogP contribution >= 0.6 is 0 Å². The summed E-state index contributed by atoms with van der Waals surface area (Å²) >= 11 is 0. The maximum Gasteiger partial charge on any atom is 0.341 e. The fourth-order valence-corrected chi connectivity index (χ4v) is 2.63. The Morgan fingerprint density at radius 2 is 1.93 bits per heavy atom. The quantitative estimate of drug-likeness (QED) is 0.418. The number of nitrogens with one attached hydrogen (secondary N) is 1. The van der Waals surface area contributed by atoms with Crippen LogP contribution in [0.25, 0.3) is 0 Å². The molecule has 0 radical (unpaired) electrons. The van der Waals surface area contributed by atoms with E-state index in [-0.39, 0.29) is 23.7 Å². The Kier molecular flexibility index (Phi) is 6.69. The van der Waals surface area contributed by atoms with Crippen LogP contribution in [0.1, 0.15) is 23.2 Å².